The molecule has 218 valence electrons. The molecule has 0 radical (unpaired) electrons. The normalized spacial score (nSPS) is 21.2. The Labute approximate surface area is 245 Å². The van der Waals surface area contributed by atoms with Crippen LogP contribution in [-0.4, -0.2) is 52.3 Å². The van der Waals surface area contributed by atoms with E-state index in [0.717, 1.165) is 22.3 Å². The molecule has 8 nitrogen and oxygen atoms in total. The highest BCUT2D eigenvalue weighted by molar-refractivity contribution is 7.99. The third-order valence-electron chi connectivity index (χ3n) is 7.14. The lowest BCUT2D eigenvalue weighted by Crippen LogP contribution is -2.43. The second-order valence-corrected chi connectivity index (χ2v) is 11.3. The number of amides is 2. The topological polar surface area (TPSA) is 117 Å². The monoisotopic (exact) mass is 578 g/mol. The number of rotatable bonds is 12. The largest absolute Gasteiger partial charge is 0.396 e. The molecule has 1 fully saturated rings. The number of urea groups is 1. The first-order chi connectivity index (χ1) is 19.9. The zero-order valence-electron chi connectivity index (χ0n) is 23.4. The maximum Gasteiger partial charge on any atom is 0.319 e. The van der Waals surface area contributed by atoms with Crippen LogP contribution in [0.3, 0.4) is 0 Å². The molecule has 0 aromatic heterocycles. The van der Waals surface area contributed by atoms with Gasteiger partial charge in [0.25, 0.3) is 0 Å². The molecule has 1 aliphatic rings. The van der Waals surface area contributed by atoms with E-state index in [1.54, 1.807) is 17.8 Å². The zero-order valence-corrected chi connectivity index (χ0v) is 24.2. The van der Waals surface area contributed by atoms with Crippen molar-refractivity contribution < 1.29 is 29.3 Å². The minimum Gasteiger partial charge on any atom is -0.396 e. The summed E-state index contributed by atoms with van der Waals surface area (Å²) in [5.41, 5.74) is 4.07. The van der Waals surface area contributed by atoms with Gasteiger partial charge in [-0.15, -0.1) is 0 Å². The summed E-state index contributed by atoms with van der Waals surface area (Å²) < 4.78 is 12.9. The lowest BCUT2D eigenvalue weighted by molar-refractivity contribution is -0.268. The first-order valence-corrected chi connectivity index (χ1v) is 14.9. The van der Waals surface area contributed by atoms with Crippen molar-refractivity contribution in [2.24, 2.45) is 5.92 Å². The van der Waals surface area contributed by atoms with Gasteiger partial charge in [0.1, 0.15) is 0 Å². The number of ether oxygens (including phenoxy) is 2. The molecule has 4 N–H and O–H groups in total. The predicted octanol–water partition coefficient (Wildman–Crippen LogP) is 5.02. The molecule has 0 spiro atoms. The molecule has 1 aliphatic heterocycles. The SMILES string of the molecule is CC(=O)[C@@H](Cc1ccccc1)NC(=O)Nc1cccc(C2O[C@H](CSCCO)[C@H](C)[C@H](c3ccc(CO)cc3)O2)c1. The number of aliphatic hydroxyl groups is 2. The van der Waals surface area contributed by atoms with E-state index in [0.29, 0.717) is 23.6 Å². The van der Waals surface area contributed by atoms with Crippen molar-refractivity contribution in [3.05, 3.63) is 101 Å². The summed E-state index contributed by atoms with van der Waals surface area (Å²) in [5.74, 6) is 1.23. The van der Waals surface area contributed by atoms with E-state index in [1.165, 1.54) is 6.92 Å². The summed E-state index contributed by atoms with van der Waals surface area (Å²) in [6.07, 6.45) is -0.666. The quantitative estimate of drug-likeness (QED) is 0.223. The number of thioether (sulfide) groups is 1. The molecular weight excluding hydrogens is 540 g/mol. The summed E-state index contributed by atoms with van der Waals surface area (Å²) in [7, 11) is 0. The number of Topliss-reactive ketones (excluding diaryl/α,β-unsaturated/α-hetero) is 1. The van der Waals surface area contributed by atoms with E-state index in [2.05, 4.69) is 17.6 Å². The molecule has 3 aromatic carbocycles. The number of hydrogen-bond donors (Lipinski definition) is 4. The third kappa shape index (κ3) is 8.64. The van der Waals surface area contributed by atoms with Gasteiger partial charge in [0, 0.05) is 28.7 Å². The van der Waals surface area contributed by atoms with E-state index >= 15 is 0 Å². The number of aliphatic hydroxyl groups excluding tert-OH is 2. The molecule has 1 heterocycles. The minimum atomic E-state index is -0.679. The predicted molar refractivity (Wildman–Crippen MR) is 161 cm³/mol. The lowest BCUT2D eigenvalue weighted by atomic mass is 9.91. The molecule has 0 saturated carbocycles. The molecule has 0 aliphatic carbocycles. The lowest BCUT2D eigenvalue weighted by Gasteiger charge is -2.41. The summed E-state index contributed by atoms with van der Waals surface area (Å²) >= 11 is 1.63. The van der Waals surface area contributed by atoms with Crippen molar-refractivity contribution in [2.75, 3.05) is 23.4 Å². The molecule has 2 amide bonds. The second-order valence-electron chi connectivity index (χ2n) is 10.2. The summed E-state index contributed by atoms with van der Waals surface area (Å²) in [6, 6.07) is 23.4. The first kappa shape index (κ1) is 30.7. The van der Waals surface area contributed by atoms with E-state index in [-0.39, 0.29) is 37.1 Å². The van der Waals surface area contributed by atoms with Gasteiger partial charge in [0.05, 0.1) is 31.5 Å². The van der Waals surface area contributed by atoms with Crippen LogP contribution in [0.25, 0.3) is 0 Å². The van der Waals surface area contributed by atoms with Crippen molar-refractivity contribution in [1.29, 1.82) is 0 Å². The van der Waals surface area contributed by atoms with Crippen molar-refractivity contribution in [3.63, 3.8) is 0 Å². The van der Waals surface area contributed by atoms with E-state index in [4.69, 9.17) is 9.47 Å². The smallest absolute Gasteiger partial charge is 0.319 e. The Hall–Kier alpha value is -3.21. The van der Waals surface area contributed by atoms with Gasteiger partial charge in [-0.3, -0.25) is 4.79 Å². The molecule has 1 unspecified atom stereocenters. The Morgan fingerprint density at radius 3 is 2.37 bits per heavy atom. The maximum absolute atomic E-state index is 12.9. The average Bonchev–Trinajstić information content (AvgIpc) is 2.98. The molecular formula is C32H38N2O6S. The van der Waals surface area contributed by atoms with Gasteiger partial charge < -0.3 is 30.3 Å². The molecule has 3 aromatic rings. The highest BCUT2D eigenvalue weighted by Gasteiger charge is 2.38. The standard InChI is InChI=1S/C32H38N2O6S/c1-21-29(20-41-16-15-35)39-31(40-30(21)25-13-11-24(19-36)12-14-25)26-9-6-10-27(18-26)33-32(38)34-28(22(2)37)17-23-7-4-3-5-8-23/h3-14,18,21,28-31,35-36H,15-17,19-20H2,1-2H3,(H2,33,34,38)/t21-,28+,29+,30+,31?/m0/s1. The number of hydrogen-bond acceptors (Lipinski definition) is 7. The van der Waals surface area contributed by atoms with E-state index in [1.807, 2.05) is 72.8 Å². The molecule has 0 bridgehead atoms. The highest BCUT2D eigenvalue weighted by Crippen LogP contribution is 2.42. The fourth-order valence-corrected chi connectivity index (χ4v) is 5.72. The number of anilines is 1. The van der Waals surface area contributed by atoms with Crippen LogP contribution in [0.1, 0.15) is 48.5 Å². The van der Waals surface area contributed by atoms with Crippen molar-refractivity contribution in [1.82, 2.24) is 5.32 Å². The van der Waals surface area contributed by atoms with Crippen molar-refractivity contribution in [2.45, 2.75) is 51.4 Å². The Bertz CT molecular complexity index is 1270. The van der Waals surface area contributed by atoms with Gasteiger partial charge in [-0.2, -0.15) is 11.8 Å². The highest BCUT2D eigenvalue weighted by atomic mass is 32.2. The number of ketones is 1. The fraction of sp³-hybridized carbons (Fsp3) is 0.375. The molecule has 4 rings (SSSR count). The van der Waals surface area contributed by atoms with Crippen LogP contribution >= 0.6 is 11.8 Å². The summed E-state index contributed by atoms with van der Waals surface area (Å²) in [5, 5.41) is 24.3. The molecule has 5 atom stereocenters. The van der Waals surface area contributed by atoms with Crippen LogP contribution in [0.2, 0.25) is 0 Å². The van der Waals surface area contributed by atoms with Gasteiger partial charge in [-0.05, 0) is 42.2 Å². The van der Waals surface area contributed by atoms with E-state index in [9.17, 15) is 19.8 Å². The molecule has 9 heteroatoms. The molecule has 1 saturated heterocycles. The van der Waals surface area contributed by atoms with Crippen molar-refractivity contribution >= 4 is 29.3 Å². The third-order valence-corrected chi connectivity index (χ3v) is 8.17. The van der Waals surface area contributed by atoms with Crippen LogP contribution in [0, 0.1) is 5.92 Å². The summed E-state index contributed by atoms with van der Waals surface area (Å²) in [4.78, 5) is 25.1. The fourth-order valence-electron chi connectivity index (χ4n) is 4.81. The van der Waals surface area contributed by atoms with Crippen LogP contribution in [0.4, 0.5) is 10.5 Å². The Kier molecular flexibility index (Phi) is 11.4. The number of carbonyl (C=O) groups excluding carboxylic acids is 2. The minimum absolute atomic E-state index is 0.0275. The average molecular weight is 579 g/mol. The van der Waals surface area contributed by atoms with Crippen LogP contribution in [0.15, 0.2) is 78.9 Å². The first-order valence-electron chi connectivity index (χ1n) is 13.8. The Balaban J connectivity index is 1.48. The van der Waals surface area contributed by atoms with Gasteiger partial charge in [-0.1, -0.05) is 73.7 Å². The van der Waals surface area contributed by atoms with Crippen LogP contribution in [-0.2, 0) is 27.3 Å². The van der Waals surface area contributed by atoms with Crippen LogP contribution < -0.4 is 10.6 Å². The van der Waals surface area contributed by atoms with Gasteiger partial charge in [-0.25, -0.2) is 4.79 Å². The number of carbonyl (C=O) groups is 2. The van der Waals surface area contributed by atoms with Gasteiger partial charge in [0.2, 0.25) is 0 Å². The van der Waals surface area contributed by atoms with Crippen molar-refractivity contribution in [3.8, 4) is 0 Å². The second kappa shape index (κ2) is 15.1. The van der Waals surface area contributed by atoms with Gasteiger partial charge in [0.15, 0.2) is 12.1 Å². The maximum atomic E-state index is 12.9. The molecule has 41 heavy (non-hydrogen) atoms. The van der Waals surface area contributed by atoms with Crippen LogP contribution in [0.5, 0.6) is 0 Å². The number of benzene rings is 3. The Morgan fingerprint density at radius 2 is 1.68 bits per heavy atom. The van der Waals surface area contributed by atoms with E-state index < -0.39 is 18.4 Å². The summed E-state index contributed by atoms with van der Waals surface area (Å²) in [6.45, 7) is 3.63. The zero-order chi connectivity index (χ0) is 29.2. The number of nitrogens with one attached hydrogen (secondary N) is 2. The van der Waals surface area contributed by atoms with Gasteiger partial charge >= 0.3 is 6.03 Å². The Morgan fingerprint density at radius 1 is 0.927 bits per heavy atom.